The van der Waals surface area contributed by atoms with Crippen LogP contribution >= 0.6 is 0 Å². The second-order valence-corrected chi connectivity index (χ2v) is 5.66. The first-order valence-electron chi connectivity index (χ1n) is 7.26. The first kappa shape index (κ1) is 15.5. The Kier molecular flexibility index (Phi) is 4.94. The Morgan fingerprint density at radius 2 is 1.76 bits per heavy atom. The number of hydrogen-bond donors (Lipinski definition) is 2. The molecule has 1 fully saturated rings. The second-order valence-electron chi connectivity index (χ2n) is 5.66. The van der Waals surface area contributed by atoms with Crippen LogP contribution in [0.5, 0.6) is 0 Å². The molecule has 114 valence electrons. The number of nitrogens with one attached hydrogen (secondary N) is 1. The highest BCUT2D eigenvalue weighted by Gasteiger charge is 2.44. The summed E-state index contributed by atoms with van der Waals surface area (Å²) >= 11 is 0. The van der Waals surface area contributed by atoms with Crippen LogP contribution < -0.4 is 5.32 Å². The fourth-order valence-electron chi connectivity index (χ4n) is 2.44. The van der Waals surface area contributed by atoms with Crippen molar-refractivity contribution in [1.82, 2.24) is 5.32 Å². The zero-order chi connectivity index (χ0) is 15.3. The lowest BCUT2D eigenvalue weighted by molar-refractivity contribution is -0.137. The minimum absolute atomic E-state index is 0.0373. The summed E-state index contributed by atoms with van der Waals surface area (Å²) in [6.45, 7) is 0.566. The second kappa shape index (κ2) is 6.70. The average Bonchev–Trinajstić information content (AvgIpc) is 3.23. The van der Waals surface area contributed by atoms with E-state index in [2.05, 4.69) is 5.32 Å². The number of benzene rings is 1. The summed E-state index contributed by atoms with van der Waals surface area (Å²) < 4.78 is 12.9. The molecule has 2 N–H and O–H groups in total. The number of carbonyl (C=O) groups is 2. The Labute approximate surface area is 123 Å². The summed E-state index contributed by atoms with van der Waals surface area (Å²) in [5.74, 6) is -1.13. The highest BCUT2D eigenvalue weighted by atomic mass is 19.1. The van der Waals surface area contributed by atoms with Crippen LogP contribution in [0, 0.1) is 5.82 Å². The average molecular weight is 293 g/mol. The van der Waals surface area contributed by atoms with E-state index in [1.54, 1.807) is 12.1 Å². The number of aliphatic carboxylic acids is 1. The van der Waals surface area contributed by atoms with Gasteiger partial charge in [0, 0.05) is 24.8 Å². The SMILES string of the molecule is O=C(O)CCCCC(=O)NCC1(c2ccc(F)cc2)CC1. The molecule has 0 aromatic heterocycles. The van der Waals surface area contributed by atoms with Gasteiger partial charge in [0.1, 0.15) is 5.82 Å². The third kappa shape index (κ3) is 4.55. The summed E-state index contributed by atoms with van der Waals surface area (Å²) in [6.07, 6.45) is 3.56. The number of amides is 1. The van der Waals surface area contributed by atoms with Crippen molar-refractivity contribution in [3.8, 4) is 0 Å². The van der Waals surface area contributed by atoms with E-state index in [9.17, 15) is 14.0 Å². The molecule has 0 unspecified atom stereocenters. The molecule has 1 aromatic rings. The maximum absolute atomic E-state index is 12.9. The molecule has 1 saturated carbocycles. The fraction of sp³-hybridized carbons (Fsp3) is 0.500. The molecule has 0 spiro atoms. The van der Waals surface area contributed by atoms with Gasteiger partial charge in [-0.2, -0.15) is 0 Å². The molecule has 1 amide bonds. The van der Waals surface area contributed by atoms with E-state index in [1.807, 2.05) is 0 Å². The zero-order valence-corrected chi connectivity index (χ0v) is 11.9. The van der Waals surface area contributed by atoms with E-state index in [-0.39, 0.29) is 23.6 Å². The van der Waals surface area contributed by atoms with E-state index in [0.717, 1.165) is 18.4 Å². The van der Waals surface area contributed by atoms with Crippen molar-refractivity contribution in [3.63, 3.8) is 0 Å². The van der Waals surface area contributed by atoms with E-state index >= 15 is 0 Å². The number of hydrogen-bond acceptors (Lipinski definition) is 2. The number of carbonyl (C=O) groups excluding carboxylic acids is 1. The van der Waals surface area contributed by atoms with Gasteiger partial charge in [0.25, 0.3) is 0 Å². The summed E-state index contributed by atoms with van der Waals surface area (Å²) in [6, 6.07) is 6.45. The van der Waals surface area contributed by atoms with Gasteiger partial charge in [0.05, 0.1) is 0 Å². The molecule has 5 heteroatoms. The normalized spacial score (nSPS) is 15.5. The molecular formula is C16H20FNO3. The molecule has 0 radical (unpaired) electrons. The van der Waals surface area contributed by atoms with Crippen molar-refractivity contribution in [2.24, 2.45) is 0 Å². The third-order valence-electron chi connectivity index (χ3n) is 3.98. The molecule has 21 heavy (non-hydrogen) atoms. The number of rotatable bonds is 8. The first-order valence-corrected chi connectivity index (χ1v) is 7.26. The Balaban J connectivity index is 1.73. The minimum Gasteiger partial charge on any atom is -0.481 e. The number of carboxylic acids is 1. The van der Waals surface area contributed by atoms with Gasteiger partial charge in [-0.15, -0.1) is 0 Å². The quantitative estimate of drug-likeness (QED) is 0.724. The molecule has 1 aliphatic rings. The molecule has 0 saturated heterocycles. The largest absolute Gasteiger partial charge is 0.481 e. The molecule has 1 aliphatic carbocycles. The molecule has 0 heterocycles. The van der Waals surface area contributed by atoms with Crippen molar-refractivity contribution in [2.75, 3.05) is 6.54 Å². The van der Waals surface area contributed by atoms with Gasteiger partial charge in [0.2, 0.25) is 5.91 Å². The summed E-state index contributed by atoms with van der Waals surface area (Å²) in [7, 11) is 0. The molecule has 0 atom stereocenters. The summed E-state index contributed by atoms with van der Waals surface area (Å²) in [5, 5.41) is 11.4. The standard InChI is InChI=1S/C16H20FNO3/c17-13-7-5-12(6-8-13)16(9-10-16)11-18-14(19)3-1-2-4-15(20)21/h5-8H,1-4,9-11H2,(H,18,19)(H,20,21). The van der Waals surface area contributed by atoms with Gasteiger partial charge in [-0.1, -0.05) is 12.1 Å². The highest BCUT2D eigenvalue weighted by molar-refractivity contribution is 5.76. The van der Waals surface area contributed by atoms with Crippen LogP contribution in [0.3, 0.4) is 0 Å². The third-order valence-corrected chi connectivity index (χ3v) is 3.98. The highest BCUT2D eigenvalue weighted by Crippen LogP contribution is 2.47. The molecule has 0 aliphatic heterocycles. The van der Waals surface area contributed by atoms with Crippen LogP contribution in [-0.2, 0) is 15.0 Å². The summed E-state index contributed by atoms with van der Waals surface area (Å²) in [4.78, 5) is 22.1. The summed E-state index contributed by atoms with van der Waals surface area (Å²) in [5.41, 5.74) is 1.03. The predicted octanol–water partition coefficient (Wildman–Crippen LogP) is 2.62. The van der Waals surface area contributed by atoms with Crippen LogP contribution in [0.1, 0.15) is 44.1 Å². The number of halogens is 1. The lowest BCUT2D eigenvalue weighted by Crippen LogP contribution is -2.32. The van der Waals surface area contributed by atoms with Crippen molar-refractivity contribution >= 4 is 11.9 Å². The number of carboxylic acid groups (broad SMARTS) is 1. The lowest BCUT2D eigenvalue weighted by Gasteiger charge is -2.16. The minimum atomic E-state index is -0.830. The van der Waals surface area contributed by atoms with Crippen LogP contribution in [0.2, 0.25) is 0 Å². The topological polar surface area (TPSA) is 66.4 Å². The lowest BCUT2D eigenvalue weighted by atomic mass is 9.96. The van der Waals surface area contributed by atoms with E-state index < -0.39 is 5.97 Å². The van der Waals surface area contributed by atoms with Gasteiger partial charge in [0.15, 0.2) is 0 Å². The molecular weight excluding hydrogens is 273 g/mol. The van der Waals surface area contributed by atoms with Crippen molar-refractivity contribution in [1.29, 1.82) is 0 Å². The van der Waals surface area contributed by atoms with Crippen LogP contribution in [0.15, 0.2) is 24.3 Å². The Bertz CT molecular complexity index is 509. The van der Waals surface area contributed by atoms with Crippen LogP contribution in [-0.4, -0.2) is 23.5 Å². The maximum atomic E-state index is 12.9. The van der Waals surface area contributed by atoms with Gasteiger partial charge in [-0.3, -0.25) is 9.59 Å². The molecule has 0 bridgehead atoms. The smallest absolute Gasteiger partial charge is 0.303 e. The molecule has 2 rings (SSSR count). The first-order chi connectivity index (χ1) is 10.0. The fourth-order valence-corrected chi connectivity index (χ4v) is 2.44. The van der Waals surface area contributed by atoms with Gasteiger partial charge in [-0.05, 0) is 43.4 Å². The van der Waals surface area contributed by atoms with Gasteiger partial charge >= 0.3 is 5.97 Å². The van der Waals surface area contributed by atoms with Crippen molar-refractivity contribution in [2.45, 2.75) is 43.9 Å². The van der Waals surface area contributed by atoms with Gasteiger partial charge in [-0.25, -0.2) is 4.39 Å². The number of unbranched alkanes of at least 4 members (excludes halogenated alkanes) is 1. The van der Waals surface area contributed by atoms with E-state index in [1.165, 1.54) is 12.1 Å². The van der Waals surface area contributed by atoms with Crippen LogP contribution in [0.4, 0.5) is 4.39 Å². The Morgan fingerprint density at radius 3 is 2.33 bits per heavy atom. The van der Waals surface area contributed by atoms with Crippen molar-refractivity contribution in [3.05, 3.63) is 35.6 Å². The molecule has 1 aromatic carbocycles. The Morgan fingerprint density at radius 1 is 1.14 bits per heavy atom. The monoisotopic (exact) mass is 293 g/mol. The van der Waals surface area contributed by atoms with Crippen molar-refractivity contribution < 1.29 is 19.1 Å². The zero-order valence-electron chi connectivity index (χ0n) is 11.9. The van der Waals surface area contributed by atoms with E-state index in [4.69, 9.17) is 5.11 Å². The molecule has 4 nitrogen and oxygen atoms in total. The maximum Gasteiger partial charge on any atom is 0.303 e. The van der Waals surface area contributed by atoms with Gasteiger partial charge < -0.3 is 10.4 Å². The predicted molar refractivity (Wildman–Crippen MR) is 76.4 cm³/mol. The van der Waals surface area contributed by atoms with Crippen LogP contribution in [0.25, 0.3) is 0 Å². The Hall–Kier alpha value is -1.91. The van der Waals surface area contributed by atoms with E-state index in [0.29, 0.717) is 25.8 Å².